The summed E-state index contributed by atoms with van der Waals surface area (Å²) in [4.78, 5) is 0. The van der Waals surface area contributed by atoms with Crippen molar-refractivity contribution in [3.63, 3.8) is 0 Å². The number of aromatic nitrogens is 3. The van der Waals surface area contributed by atoms with E-state index in [4.69, 9.17) is 5.73 Å². The average Bonchev–Trinajstić information content (AvgIpc) is 2.75. The van der Waals surface area contributed by atoms with E-state index in [9.17, 15) is 13.2 Å². The Hall–Kier alpha value is -0.800. The molecule has 20 heavy (non-hydrogen) atoms. The van der Waals surface area contributed by atoms with Gasteiger partial charge in [-0.2, -0.15) is 13.2 Å². The van der Waals surface area contributed by atoms with Crippen molar-refractivity contribution in [3.8, 4) is 0 Å². The molecule has 0 aliphatic rings. The van der Waals surface area contributed by atoms with Crippen LogP contribution in [-0.2, 0) is 17.8 Å². The molecule has 0 fully saturated rings. The Kier molecular flexibility index (Phi) is 7.31. The van der Waals surface area contributed by atoms with Crippen LogP contribution in [0.2, 0.25) is 0 Å². The molecule has 0 saturated heterocycles. The molecule has 1 aromatic rings. The molecule has 0 unspecified atom stereocenters. The Morgan fingerprint density at radius 3 is 2.70 bits per heavy atom. The van der Waals surface area contributed by atoms with E-state index in [-0.39, 0.29) is 6.61 Å². The molecule has 2 N–H and O–H groups in total. The third-order valence-corrected chi connectivity index (χ3v) is 3.41. The van der Waals surface area contributed by atoms with Crippen molar-refractivity contribution in [2.75, 3.05) is 19.0 Å². The van der Waals surface area contributed by atoms with Crippen LogP contribution < -0.4 is 5.73 Å². The normalized spacial score (nSPS) is 12.1. The number of nitrogens with zero attached hydrogens (tertiary/aromatic N) is 3. The second-order valence-corrected chi connectivity index (χ2v) is 5.19. The molecule has 116 valence electrons. The van der Waals surface area contributed by atoms with Crippen molar-refractivity contribution >= 4 is 11.8 Å². The standard InChI is InChI=1S/C11H19F3N4OS/c1-2-4-18-9(7-15)16-17-10(18)20-6-3-5-19-8-11(12,13)14/h2-8,15H2,1H3. The Morgan fingerprint density at radius 2 is 2.10 bits per heavy atom. The topological polar surface area (TPSA) is 66.0 Å². The molecular weight excluding hydrogens is 293 g/mol. The molecule has 0 amide bonds. The maximum absolute atomic E-state index is 11.8. The molecule has 0 radical (unpaired) electrons. The number of hydrogen-bond acceptors (Lipinski definition) is 5. The number of nitrogens with two attached hydrogens (primary N) is 1. The van der Waals surface area contributed by atoms with E-state index in [0.717, 1.165) is 23.9 Å². The fraction of sp³-hybridized carbons (Fsp3) is 0.818. The van der Waals surface area contributed by atoms with Crippen LogP contribution in [0, 0.1) is 0 Å². The lowest BCUT2D eigenvalue weighted by molar-refractivity contribution is -0.173. The van der Waals surface area contributed by atoms with Gasteiger partial charge in [-0.1, -0.05) is 18.7 Å². The molecule has 0 spiro atoms. The van der Waals surface area contributed by atoms with Crippen LogP contribution in [0.5, 0.6) is 0 Å². The van der Waals surface area contributed by atoms with E-state index in [1.54, 1.807) is 0 Å². The highest BCUT2D eigenvalue weighted by molar-refractivity contribution is 7.99. The highest BCUT2D eigenvalue weighted by atomic mass is 32.2. The smallest absolute Gasteiger partial charge is 0.372 e. The van der Waals surface area contributed by atoms with Gasteiger partial charge in [0.25, 0.3) is 0 Å². The number of thioether (sulfide) groups is 1. The van der Waals surface area contributed by atoms with E-state index < -0.39 is 12.8 Å². The lowest BCUT2D eigenvalue weighted by atomic mass is 10.4. The molecule has 0 aliphatic heterocycles. The average molecular weight is 312 g/mol. The summed E-state index contributed by atoms with van der Waals surface area (Å²) in [6.07, 6.45) is -2.80. The van der Waals surface area contributed by atoms with E-state index in [1.807, 2.05) is 11.5 Å². The Balaban J connectivity index is 2.30. The van der Waals surface area contributed by atoms with Crippen LogP contribution in [0.25, 0.3) is 0 Å². The van der Waals surface area contributed by atoms with Crippen molar-refractivity contribution in [1.29, 1.82) is 0 Å². The summed E-state index contributed by atoms with van der Waals surface area (Å²) < 4.78 is 42.0. The van der Waals surface area contributed by atoms with Gasteiger partial charge in [-0.3, -0.25) is 0 Å². The van der Waals surface area contributed by atoms with Crippen molar-refractivity contribution in [2.45, 2.75) is 44.2 Å². The maximum Gasteiger partial charge on any atom is 0.411 e. The molecule has 5 nitrogen and oxygen atoms in total. The third kappa shape index (κ3) is 6.10. The summed E-state index contributed by atoms with van der Waals surface area (Å²) in [5.74, 6) is 1.35. The van der Waals surface area contributed by atoms with Gasteiger partial charge in [-0.05, 0) is 12.8 Å². The zero-order valence-electron chi connectivity index (χ0n) is 11.3. The van der Waals surface area contributed by atoms with Gasteiger partial charge in [-0.15, -0.1) is 10.2 Å². The summed E-state index contributed by atoms with van der Waals surface area (Å²) in [5.41, 5.74) is 5.57. The molecule has 1 heterocycles. The Bertz CT molecular complexity index is 398. The van der Waals surface area contributed by atoms with E-state index >= 15 is 0 Å². The molecule has 9 heteroatoms. The number of ether oxygens (including phenoxy) is 1. The van der Waals surface area contributed by atoms with Crippen LogP contribution in [-0.4, -0.2) is 39.9 Å². The lowest BCUT2D eigenvalue weighted by Gasteiger charge is -2.08. The summed E-state index contributed by atoms with van der Waals surface area (Å²) in [5, 5.41) is 8.78. The first kappa shape index (κ1) is 17.3. The zero-order valence-corrected chi connectivity index (χ0v) is 12.1. The number of alkyl halides is 3. The largest absolute Gasteiger partial charge is 0.411 e. The second kappa shape index (κ2) is 8.48. The fourth-order valence-electron chi connectivity index (χ4n) is 1.54. The van der Waals surface area contributed by atoms with Gasteiger partial charge in [-0.25, -0.2) is 0 Å². The Morgan fingerprint density at radius 1 is 1.35 bits per heavy atom. The minimum absolute atomic E-state index is 0.0815. The van der Waals surface area contributed by atoms with Crippen LogP contribution in [0.1, 0.15) is 25.6 Å². The van der Waals surface area contributed by atoms with Gasteiger partial charge in [0, 0.05) is 18.9 Å². The van der Waals surface area contributed by atoms with Crippen LogP contribution in [0.15, 0.2) is 5.16 Å². The van der Waals surface area contributed by atoms with Crippen LogP contribution >= 0.6 is 11.8 Å². The summed E-state index contributed by atoms with van der Waals surface area (Å²) in [7, 11) is 0. The molecule has 1 rings (SSSR count). The molecule has 0 bridgehead atoms. The molecular formula is C11H19F3N4OS. The van der Waals surface area contributed by atoms with E-state index in [2.05, 4.69) is 14.9 Å². The van der Waals surface area contributed by atoms with Crippen molar-refractivity contribution in [3.05, 3.63) is 5.82 Å². The number of halogens is 3. The first-order chi connectivity index (χ1) is 9.48. The van der Waals surface area contributed by atoms with Crippen molar-refractivity contribution in [1.82, 2.24) is 14.8 Å². The summed E-state index contributed by atoms with van der Waals surface area (Å²) in [6, 6.07) is 0. The molecule has 0 atom stereocenters. The minimum atomic E-state index is -4.26. The third-order valence-electron chi connectivity index (χ3n) is 2.35. The van der Waals surface area contributed by atoms with E-state index in [0.29, 0.717) is 18.7 Å². The zero-order chi connectivity index (χ0) is 15.0. The molecule has 1 aromatic heterocycles. The van der Waals surface area contributed by atoms with Gasteiger partial charge in [0.15, 0.2) is 5.16 Å². The van der Waals surface area contributed by atoms with Gasteiger partial charge in [0.1, 0.15) is 12.4 Å². The first-order valence-corrected chi connectivity index (χ1v) is 7.36. The van der Waals surface area contributed by atoms with Crippen LogP contribution in [0.3, 0.4) is 0 Å². The highest BCUT2D eigenvalue weighted by Crippen LogP contribution is 2.19. The van der Waals surface area contributed by atoms with Crippen molar-refractivity contribution < 1.29 is 17.9 Å². The SMILES string of the molecule is CCCn1c(CN)nnc1SCCCOCC(F)(F)F. The van der Waals surface area contributed by atoms with Gasteiger partial charge >= 0.3 is 6.18 Å². The Labute approximate surface area is 120 Å². The van der Waals surface area contributed by atoms with Gasteiger partial charge in [0.2, 0.25) is 0 Å². The number of hydrogen-bond donors (Lipinski definition) is 1. The minimum Gasteiger partial charge on any atom is -0.372 e. The predicted octanol–water partition coefficient (Wildman–Crippen LogP) is 2.21. The fourth-order valence-corrected chi connectivity index (χ4v) is 2.43. The maximum atomic E-state index is 11.8. The quantitative estimate of drug-likeness (QED) is 0.559. The molecule has 0 aromatic carbocycles. The molecule has 0 saturated carbocycles. The van der Waals surface area contributed by atoms with Crippen molar-refractivity contribution in [2.24, 2.45) is 5.73 Å². The second-order valence-electron chi connectivity index (χ2n) is 4.12. The number of rotatable bonds is 9. The van der Waals surface area contributed by atoms with Gasteiger partial charge in [0.05, 0.1) is 6.54 Å². The summed E-state index contributed by atoms with van der Waals surface area (Å²) >= 11 is 1.45. The summed E-state index contributed by atoms with van der Waals surface area (Å²) in [6.45, 7) is 2.04. The first-order valence-electron chi connectivity index (χ1n) is 6.37. The predicted molar refractivity (Wildman–Crippen MR) is 70.4 cm³/mol. The molecule has 0 aliphatic carbocycles. The van der Waals surface area contributed by atoms with Crippen LogP contribution in [0.4, 0.5) is 13.2 Å². The monoisotopic (exact) mass is 312 g/mol. The lowest BCUT2D eigenvalue weighted by Crippen LogP contribution is -2.17. The highest BCUT2D eigenvalue weighted by Gasteiger charge is 2.27. The van der Waals surface area contributed by atoms with E-state index in [1.165, 1.54) is 11.8 Å². The van der Waals surface area contributed by atoms with Gasteiger partial charge < -0.3 is 15.0 Å².